The molecule has 0 aliphatic heterocycles. The molecule has 0 bridgehead atoms. The normalized spacial score (nSPS) is 10.3. The van der Waals surface area contributed by atoms with Gasteiger partial charge in [0.25, 0.3) is 0 Å². The van der Waals surface area contributed by atoms with Crippen LogP contribution in [0.4, 0.5) is 11.6 Å². The van der Waals surface area contributed by atoms with Gasteiger partial charge in [-0.15, -0.1) is 0 Å². The summed E-state index contributed by atoms with van der Waals surface area (Å²) in [5.74, 6) is 3.11. The Bertz CT molecular complexity index is 450. The number of hydrogen-bond donors (Lipinski definition) is 0. The molecule has 2 aromatic heterocycles. The molecule has 0 aliphatic carbocycles. The van der Waals surface area contributed by atoms with E-state index in [4.69, 9.17) is 0 Å². The number of rotatable bonds is 7. The summed E-state index contributed by atoms with van der Waals surface area (Å²) in [6.45, 7) is 0. The standard InChI is InChI=1S/C14H18N4SSi/c1-17(13-7-3-5-9-15-13)19-11-12-20-18(2)14-8-4-6-10-16-14/h3-10H,11-12H2,1-2H3. The van der Waals surface area contributed by atoms with Crippen LogP contribution in [0.2, 0.25) is 6.04 Å². The predicted octanol–water partition coefficient (Wildman–Crippen LogP) is 2.73. The highest BCUT2D eigenvalue weighted by molar-refractivity contribution is 8.00. The first-order valence-electron chi connectivity index (χ1n) is 6.43. The molecule has 0 unspecified atom stereocenters. The van der Waals surface area contributed by atoms with Gasteiger partial charge in [0.1, 0.15) is 11.6 Å². The molecule has 4 nitrogen and oxygen atoms in total. The number of pyridine rings is 2. The molecule has 2 aromatic rings. The average Bonchev–Trinajstić information content (AvgIpc) is 2.53. The monoisotopic (exact) mass is 302 g/mol. The highest BCUT2D eigenvalue weighted by atomic mass is 32.2. The van der Waals surface area contributed by atoms with Gasteiger partial charge < -0.3 is 8.87 Å². The Kier molecular flexibility index (Phi) is 5.88. The van der Waals surface area contributed by atoms with E-state index in [0.29, 0.717) is 0 Å². The van der Waals surface area contributed by atoms with Crippen LogP contribution in [0.5, 0.6) is 0 Å². The van der Waals surface area contributed by atoms with Crippen LogP contribution in [0.25, 0.3) is 0 Å². The fourth-order valence-corrected chi connectivity index (χ4v) is 3.51. The summed E-state index contributed by atoms with van der Waals surface area (Å²) in [5.41, 5.74) is 0. The van der Waals surface area contributed by atoms with Gasteiger partial charge in [0.05, 0.1) is 0 Å². The van der Waals surface area contributed by atoms with Crippen molar-refractivity contribution in [3.63, 3.8) is 0 Å². The molecule has 0 N–H and O–H groups in total. The first-order chi connectivity index (χ1) is 9.77. The summed E-state index contributed by atoms with van der Waals surface area (Å²) >= 11 is 1.80. The fourth-order valence-electron chi connectivity index (χ4n) is 1.64. The van der Waals surface area contributed by atoms with E-state index in [1.165, 1.54) is 0 Å². The number of anilines is 2. The molecule has 0 fully saturated rings. The van der Waals surface area contributed by atoms with E-state index in [0.717, 1.165) is 33.1 Å². The SMILES string of the molecule is CN([Si]CCSN(C)c1ccccn1)c1ccccn1. The topological polar surface area (TPSA) is 32.3 Å². The van der Waals surface area contributed by atoms with Gasteiger partial charge >= 0.3 is 0 Å². The average molecular weight is 302 g/mol. The second-order valence-corrected chi connectivity index (χ2v) is 6.87. The lowest BCUT2D eigenvalue weighted by atomic mass is 10.5. The van der Waals surface area contributed by atoms with Gasteiger partial charge in [-0.05, 0) is 49.3 Å². The molecule has 0 saturated carbocycles. The zero-order valence-corrected chi connectivity index (χ0v) is 13.5. The zero-order valence-electron chi connectivity index (χ0n) is 11.7. The molecular formula is C14H18N4SSi. The second-order valence-electron chi connectivity index (χ2n) is 4.17. The summed E-state index contributed by atoms with van der Waals surface area (Å²) in [6, 6.07) is 13.1. The highest BCUT2D eigenvalue weighted by Gasteiger charge is 2.05. The van der Waals surface area contributed by atoms with E-state index in [2.05, 4.69) is 32.9 Å². The lowest BCUT2D eigenvalue weighted by Crippen LogP contribution is -2.23. The first kappa shape index (κ1) is 14.9. The molecule has 6 heteroatoms. The maximum atomic E-state index is 4.35. The van der Waals surface area contributed by atoms with Gasteiger partial charge in [0.2, 0.25) is 0 Å². The van der Waals surface area contributed by atoms with Crippen LogP contribution >= 0.6 is 11.9 Å². The van der Waals surface area contributed by atoms with E-state index in [1.807, 2.05) is 48.8 Å². The van der Waals surface area contributed by atoms with Gasteiger partial charge in [0.15, 0.2) is 9.68 Å². The number of aromatic nitrogens is 2. The molecular weight excluding hydrogens is 284 g/mol. The number of nitrogens with zero attached hydrogens (tertiary/aromatic N) is 4. The van der Waals surface area contributed by atoms with Crippen LogP contribution in [-0.4, -0.2) is 39.5 Å². The van der Waals surface area contributed by atoms with Crippen molar-refractivity contribution in [2.75, 3.05) is 28.7 Å². The molecule has 0 spiro atoms. The minimum Gasteiger partial charge on any atom is -0.386 e. The fraction of sp³-hybridized carbons (Fsp3) is 0.286. The zero-order chi connectivity index (χ0) is 14.2. The van der Waals surface area contributed by atoms with Crippen LogP contribution in [-0.2, 0) is 0 Å². The van der Waals surface area contributed by atoms with E-state index in [-0.39, 0.29) is 0 Å². The molecule has 104 valence electrons. The Morgan fingerprint density at radius 2 is 1.65 bits per heavy atom. The van der Waals surface area contributed by atoms with Crippen LogP contribution in [0.3, 0.4) is 0 Å². The van der Waals surface area contributed by atoms with Crippen LogP contribution in [0, 0.1) is 0 Å². The van der Waals surface area contributed by atoms with E-state index >= 15 is 0 Å². The van der Waals surface area contributed by atoms with Crippen molar-refractivity contribution in [1.82, 2.24) is 9.97 Å². The molecule has 0 aromatic carbocycles. The third kappa shape index (κ3) is 4.54. The molecule has 0 amide bonds. The van der Waals surface area contributed by atoms with Gasteiger partial charge in [-0.1, -0.05) is 12.1 Å². The Morgan fingerprint density at radius 3 is 2.25 bits per heavy atom. The molecule has 2 rings (SSSR count). The first-order valence-corrected chi connectivity index (χ1v) is 8.53. The quantitative estimate of drug-likeness (QED) is 0.446. The van der Waals surface area contributed by atoms with E-state index in [9.17, 15) is 0 Å². The molecule has 2 radical (unpaired) electrons. The summed E-state index contributed by atoms with van der Waals surface area (Å²) in [6.07, 6.45) is 3.66. The smallest absolute Gasteiger partial charge is 0.183 e. The highest BCUT2D eigenvalue weighted by Crippen LogP contribution is 2.17. The van der Waals surface area contributed by atoms with Crippen molar-refractivity contribution in [1.29, 1.82) is 0 Å². The molecule has 0 aliphatic rings. The van der Waals surface area contributed by atoms with Crippen molar-refractivity contribution in [3.8, 4) is 0 Å². The van der Waals surface area contributed by atoms with Crippen molar-refractivity contribution in [2.45, 2.75) is 6.04 Å². The van der Waals surface area contributed by atoms with Crippen LogP contribution < -0.4 is 8.87 Å². The Hall–Kier alpha value is -1.53. The van der Waals surface area contributed by atoms with Crippen molar-refractivity contribution < 1.29 is 0 Å². The largest absolute Gasteiger partial charge is 0.386 e. The van der Waals surface area contributed by atoms with Gasteiger partial charge in [-0.3, -0.25) is 0 Å². The lowest BCUT2D eigenvalue weighted by Gasteiger charge is -2.19. The van der Waals surface area contributed by atoms with Gasteiger partial charge in [-0.25, -0.2) is 9.97 Å². The lowest BCUT2D eigenvalue weighted by molar-refractivity contribution is 1.18. The predicted molar refractivity (Wildman–Crippen MR) is 88.3 cm³/mol. The molecule has 0 atom stereocenters. The minimum absolute atomic E-state index is 0.744. The van der Waals surface area contributed by atoms with Crippen LogP contribution in [0.1, 0.15) is 0 Å². The van der Waals surface area contributed by atoms with Crippen molar-refractivity contribution >= 4 is 33.3 Å². The number of hydrogen-bond acceptors (Lipinski definition) is 5. The third-order valence-electron chi connectivity index (χ3n) is 2.70. The Labute approximate surface area is 127 Å². The van der Waals surface area contributed by atoms with Crippen molar-refractivity contribution in [3.05, 3.63) is 48.8 Å². The summed E-state index contributed by atoms with van der Waals surface area (Å²) in [7, 11) is 4.89. The van der Waals surface area contributed by atoms with Crippen LogP contribution in [0.15, 0.2) is 48.8 Å². The summed E-state index contributed by atoms with van der Waals surface area (Å²) in [5, 5.41) is 0. The molecule has 2 heterocycles. The Morgan fingerprint density at radius 1 is 1.00 bits per heavy atom. The van der Waals surface area contributed by atoms with E-state index < -0.39 is 0 Å². The minimum atomic E-state index is 0.744. The summed E-state index contributed by atoms with van der Waals surface area (Å²) < 4.78 is 4.33. The molecule has 0 saturated heterocycles. The van der Waals surface area contributed by atoms with Crippen molar-refractivity contribution in [2.24, 2.45) is 0 Å². The molecule has 20 heavy (non-hydrogen) atoms. The Balaban J connectivity index is 1.69. The van der Waals surface area contributed by atoms with Gasteiger partial charge in [-0.2, -0.15) is 0 Å². The van der Waals surface area contributed by atoms with E-state index in [1.54, 1.807) is 11.9 Å². The third-order valence-corrected chi connectivity index (χ3v) is 5.20. The maximum absolute atomic E-state index is 4.35. The maximum Gasteiger partial charge on any atom is 0.183 e. The second kappa shape index (κ2) is 7.91. The van der Waals surface area contributed by atoms with Gasteiger partial charge in [0, 0.05) is 25.2 Å². The summed E-state index contributed by atoms with van der Waals surface area (Å²) in [4.78, 5) is 8.67.